The molecule has 0 saturated heterocycles. The van der Waals surface area contributed by atoms with Gasteiger partial charge < -0.3 is 0 Å². The van der Waals surface area contributed by atoms with Crippen molar-refractivity contribution in [3.05, 3.63) is 12.4 Å². The predicted molar refractivity (Wildman–Crippen MR) is 70.5 cm³/mol. The largest absolute Gasteiger partial charge is 0.274 e. The van der Waals surface area contributed by atoms with Gasteiger partial charge in [0, 0.05) is 12.2 Å². The molecular formula is C10H13Cl2N3O3S. The minimum absolute atomic E-state index is 0.0291. The van der Waals surface area contributed by atoms with Crippen LogP contribution in [0.1, 0.15) is 26.3 Å². The highest BCUT2D eigenvalue weighted by atomic mass is 35.5. The van der Waals surface area contributed by atoms with Gasteiger partial charge in [-0.1, -0.05) is 0 Å². The summed E-state index contributed by atoms with van der Waals surface area (Å²) in [4.78, 5) is 11.6. The number of carbonyl (C=O) groups excluding carboxylic acids is 1. The summed E-state index contributed by atoms with van der Waals surface area (Å²) in [6.45, 7) is 3.73. The van der Waals surface area contributed by atoms with Crippen molar-refractivity contribution in [1.82, 2.24) is 14.5 Å². The maximum absolute atomic E-state index is 12.0. The summed E-state index contributed by atoms with van der Waals surface area (Å²) in [6.07, 6.45) is 2.81. The predicted octanol–water partition coefficient (Wildman–Crippen LogP) is 1.46. The van der Waals surface area contributed by atoms with Gasteiger partial charge in [-0.05, 0) is 20.3 Å². The summed E-state index contributed by atoms with van der Waals surface area (Å²) in [7, 11) is -3.93. The molecule has 1 saturated carbocycles. The Hall–Kier alpha value is -0.790. The Morgan fingerprint density at radius 2 is 2.16 bits per heavy atom. The molecule has 0 spiro atoms. The zero-order chi connectivity index (χ0) is 14.4. The molecule has 1 aliphatic rings. The molecule has 1 fully saturated rings. The van der Waals surface area contributed by atoms with E-state index in [9.17, 15) is 13.2 Å². The Bertz CT molecular complexity index is 609. The van der Waals surface area contributed by atoms with E-state index in [4.69, 9.17) is 23.2 Å². The van der Waals surface area contributed by atoms with Crippen molar-refractivity contribution in [2.45, 2.75) is 35.5 Å². The Balaban J connectivity index is 2.12. The van der Waals surface area contributed by atoms with Crippen molar-refractivity contribution < 1.29 is 13.2 Å². The summed E-state index contributed by atoms with van der Waals surface area (Å²) in [5.74, 6) is -1.38. The molecule has 106 valence electrons. The first-order valence-electron chi connectivity index (χ1n) is 5.62. The van der Waals surface area contributed by atoms with Crippen LogP contribution in [0, 0.1) is 5.92 Å². The van der Waals surface area contributed by atoms with Crippen molar-refractivity contribution in [2.75, 3.05) is 0 Å². The summed E-state index contributed by atoms with van der Waals surface area (Å²) in [5, 5.41) is 3.91. The van der Waals surface area contributed by atoms with Crippen molar-refractivity contribution in [3.8, 4) is 0 Å². The molecule has 1 aliphatic carbocycles. The summed E-state index contributed by atoms with van der Waals surface area (Å²) < 4.78 is 26.2. The number of hydrogen-bond acceptors (Lipinski definition) is 4. The van der Waals surface area contributed by atoms with E-state index in [2.05, 4.69) is 5.10 Å². The van der Waals surface area contributed by atoms with Gasteiger partial charge >= 0.3 is 0 Å². The molecule has 1 unspecified atom stereocenters. The number of hydrogen-bond donors (Lipinski definition) is 1. The summed E-state index contributed by atoms with van der Waals surface area (Å²) in [6, 6.07) is 0.0291. The molecule has 1 heterocycles. The normalized spacial score (nSPS) is 21.4. The SMILES string of the molecule is CC(C)n1cc(S(=O)(=O)NC(=O)C2CC2(Cl)Cl)cn1. The van der Waals surface area contributed by atoms with Crippen molar-refractivity contribution in [1.29, 1.82) is 0 Å². The summed E-state index contributed by atoms with van der Waals surface area (Å²) >= 11 is 11.4. The molecule has 0 radical (unpaired) electrons. The van der Waals surface area contributed by atoms with Gasteiger partial charge in [-0.25, -0.2) is 13.1 Å². The van der Waals surface area contributed by atoms with E-state index in [-0.39, 0.29) is 17.4 Å². The fourth-order valence-corrected chi connectivity index (χ4v) is 2.97. The molecule has 1 amide bonds. The van der Waals surface area contributed by atoms with E-state index < -0.39 is 26.2 Å². The van der Waals surface area contributed by atoms with E-state index in [1.807, 2.05) is 18.6 Å². The lowest BCUT2D eigenvalue weighted by atomic mass is 10.4. The van der Waals surface area contributed by atoms with Gasteiger partial charge in [0.15, 0.2) is 0 Å². The standard InChI is InChI=1S/C10H13Cl2N3O3S/c1-6(2)15-5-7(4-13-15)19(17,18)14-9(16)8-3-10(8,11)12/h4-6,8H,3H2,1-2H3,(H,14,16). The number of rotatable bonds is 4. The van der Waals surface area contributed by atoms with Crippen LogP contribution in [-0.4, -0.2) is 28.4 Å². The number of carbonyl (C=O) groups is 1. The van der Waals surface area contributed by atoms with Gasteiger partial charge in [0.25, 0.3) is 10.0 Å². The number of aromatic nitrogens is 2. The van der Waals surface area contributed by atoms with Gasteiger partial charge in [-0.3, -0.25) is 9.48 Å². The van der Waals surface area contributed by atoms with Crippen molar-refractivity contribution >= 4 is 39.1 Å². The number of nitrogens with one attached hydrogen (secondary N) is 1. The third kappa shape index (κ3) is 3.04. The van der Waals surface area contributed by atoms with E-state index >= 15 is 0 Å². The molecular weight excluding hydrogens is 313 g/mol. The van der Waals surface area contributed by atoms with Crippen LogP contribution in [0.25, 0.3) is 0 Å². The molecule has 1 aromatic heterocycles. The van der Waals surface area contributed by atoms with Crippen molar-refractivity contribution in [2.24, 2.45) is 5.92 Å². The van der Waals surface area contributed by atoms with E-state index in [1.165, 1.54) is 17.1 Å². The van der Waals surface area contributed by atoms with Crippen LogP contribution in [0.4, 0.5) is 0 Å². The lowest BCUT2D eigenvalue weighted by molar-refractivity contribution is -0.120. The van der Waals surface area contributed by atoms with Crippen LogP contribution in [0.2, 0.25) is 0 Å². The maximum atomic E-state index is 12.0. The first-order chi connectivity index (χ1) is 8.63. The van der Waals surface area contributed by atoms with Gasteiger partial charge in [0.05, 0.1) is 12.1 Å². The third-order valence-corrected chi connectivity index (χ3v) is 4.93. The minimum Gasteiger partial charge on any atom is -0.274 e. The zero-order valence-electron chi connectivity index (χ0n) is 10.3. The molecule has 1 aromatic rings. The second-order valence-corrected chi connectivity index (χ2v) is 7.96. The molecule has 1 atom stereocenters. The second kappa shape index (κ2) is 4.64. The lowest BCUT2D eigenvalue weighted by Crippen LogP contribution is -2.32. The fraction of sp³-hybridized carbons (Fsp3) is 0.600. The first-order valence-corrected chi connectivity index (χ1v) is 7.86. The third-order valence-electron chi connectivity index (χ3n) is 2.79. The quantitative estimate of drug-likeness (QED) is 0.850. The van der Waals surface area contributed by atoms with Gasteiger partial charge in [0.1, 0.15) is 9.23 Å². The monoisotopic (exact) mass is 325 g/mol. The van der Waals surface area contributed by atoms with E-state index in [0.29, 0.717) is 0 Å². The van der Waals surface area contributed by atoms with Crippen LogP contribution < -0.4 is 4.72 Å². The number of nitrogens with zero attached hydrogens (tertiary/aromatic N) is 2. The Labute approximate surface area is 121 Å². The number of halogens is 2. The molecule has 19 heavy (non-hydrogen) atoms. The average molecular weight is 326 g/mol. The number of sulfonamides is 1. The molecule has 9 heteroatoms. The smallest absolute Gasteiger partial charge is 0.267 e. The van der Waals surface area contributed by atoms with Crippen LogP contribution in [0.15, 0.2) is 17.3 Å². The maximum Gasteiger partial charge on any atom is 0.267 e. The first kappa shape index (κ1) is 14.6. The molecule has 6 nitrogen and oxygen atoms in total. The van der Waals surface area contributed by atoms with Crippen LogP contribution in [0.3, 0.4) is 0 Å². The van der Waals surface area contributed by atoms with Gasteiger partial charge in [-0.2, -0.15) is 5.10 Å². The highest BCUT2D eigenvalue weighted by Gasteiger charge is 2.57. The molecule has 0 aliphatic heterocycles. The van der Waals surface area contributed by atoms with Crippen LogP contribution in [-0.2, 0) is 14.8 Å². The topological polar surface area (TPSA) is 81.1 Å². The van der Waals surface area contributed by atoms with Crippen molar-refractivity contribution in [3.63, 3.8) is 0 Å². The highest BCUT2D eigenvalue weighted by molar-refractivity contribution is 7.90. The Kier molecular flexibility index (Phi) is 3.57. The average Bonchev–Trinajstić information content (AvgIpc) is 2.75. The Morgan fingerprint density at radius 1 is 1.58 bits per heavy atom. The molecule has 0 aromatic carbocycles. The number of amides is 1. The molecule has 2 rings (SSSR count). The fourth-order valence-electron chi connectivity index (χ4n) is 1.50. The van der Waals surface area contributed by atoms with E-state index in [0.717, 1.165) is 0 Å². The lowest BCUT2D eigenvalue weighted by Gasteiger charge is -2.05. The van der Waals surface area contributed by atoms with Crippen LogP contribution >= 0.6 is 23.2 Å². The molecule has 1 N–H and O–H groups in total. The van der Waals surface area contributed by atoms with Gasteiger partial charge in [-0.15, -0.1) is 23.2 Å². The highest BCUT2D eigenvalue weighted by Crippen LogP contribution is 2.53. The molecule has 0 bridgehead atoms. The minimum atomic E-state index is -3.93. The van der Waals surface area contributed by atoms with Gasteiger partial charge in [0.2, 0.25) is 5.91 Å². The number of alkyl halides is 2. The van der Waals surface area contributed by atoms with E-state index in [1.54, 1.807) is 0 Å². The van der Waals surface area contributed by atoms with Crippen LogP contribution in [0.5, 0.6) is 0 Å². The zero-order valence-corrected chi connectivity index (χ0v) is 12.6. The second-order valence-electron chi connectivity index (χ2n) is 4.74. The summed E-state index contributed by atoms with van der Waals surface area (Å²) in [5.41, 5.74) is 0. The Morgan fingerprint density at radius 3 is 2.58 bits per heavy atom.